The van der Waals surface area contributed by atoms with E-state index in [9.17, 15) is 4.79 Å². The van der Waals surface area contributed by atoms with Gasteiger partial charge in [0.15, 0.2) is 0 Å². The van der Waals surface area contributed by atoms with E-state index in [-0.39, 0.29) is 5.97 Å². The van der Waals surface area contributed by atoms with Crippen LogP contribution in [-0.4, -0.2) is 11.0 Å². The van der Waals surface area contributed by atoms with Crippen LogP contribution in [0.2, 0.25) is 0 Å². The Hall–Kier alpha value is -2.20. The van der Waals surface area contributed by atoms with Gasteiger partial charge in [0, 0.05) is 29.5 Å². The molecule has 0 amide bonds. The summed E-state index contributed by atoms with van der Waals surface area (Å²) in [6.45, 7) is 1.39. The average Bonchev–Trinajstić information content (AvgIpc) is 2.83. The molecule has 0 radical (unpaired) electrons. The molecule has 0 atom stereocenters. The Morgan fingerprint density at radius 3 is 2.74 bits per heavy atom. The Morgan fingerprint density at radius 2 is 2.00 bits per heavy atom. The SMILES string of the molecule is CC(=O)Oc1ccc(-c2csc3ncccc23)cc1. The highest BCUT2D eigenvalue weighted by atomic mass is 32.1. The number of rotatable bonds is 2. The summed E-state index contributed by atoms with van der Waals surface area (Å²) in [5.74, 6) is 0.256. The van der Waals surface area contributed by atoms with Crippen molar-refractivity contribution in [3.8, 4) is 16.9 Å². The zero-order valence-electron chi connectivity index (χ0n) is 10.3. The molecule has 0 unspecified atom stereocenters. The van der Waals surface area contributed by atoms with E-state index >= 15 is 0 Å². The molecule has 3 rings (SSSR count). The van der Waals surface area contributed by atoms with E-state index in [0.29, 0.717) is 5.75 Å². The topological polar surface area (TPSA) is 39.2 Å². The second-order valence-electron chi connectivity index (χ2n) is 4.12. The molecule has 4 heteroatoms. The Morgan fingerprint density at radius 1 is 1.21 bits per heavy atom. The normalized spacial score (nSPS) is 10.6. The summed E-state index contributed by atoms with van der Waals surface area (Å²) in [7, 11) is 0. The molecule has 3 nitrogen and oxygen atoms in total. The van der Waals surface area contributed by atoms with Crippen molar-refractivity contribution in [2.45, 2.75) is 6.92 Å². The third-order valence-electron chi connectivity index (χ3n) is 2.78. The van der Waals surface area contributed by atoms with Crippen molar-refractivity contribution in [2.75, 3.05) is 0 Å². The number of carbonyl (C=O) groups excluding carboxylic acids is 1. The molecule has 0 spiro atoms. The fourth-order valence-electron chi connectivity index (χ4n) is 1.96. The molecular formula is C15H11NO2S. The predicted molar refractivity (Wildman–Crippen MR) is 76.4 cm³/mol. The van der Waals surface area contributed by atoms with E-state index in [1.54, 1.807) is 29.7 Å². The van der Waals surface area contributed by atoms with E-state index in [1.165, 1.54) is 6.92 Å². The number of nitrogens with zero attached hydrogens (tertiary/aromatic N) is 1. The number of esters is 1. The van der Waals surface area contributed by atoms with Crippen molar-refractivity contribution in [2.24, 2.45) is 0 Å². The molecule has 0 fully saturated rings. The molecule has 0 aliphatic carbocycles. The minimum absolute atomic E-state index is 0.307. The number of carbonyl (C=O) groups is 1. The molecule has 0 N–H and O–H groups in total. The molecule has 2 heterocycles. The third-order valence-corrected chi connectivity index (χ3v) is 3.68. The smallest absolute Gasteiger partial charge is 0.308 e. The van der Waals surface area contributed by atoms with Crippen LogP contribution < -0.4 is 4.74 Å². The van der Waals surface area contributed by atoms with E-state index in [4.69, 9.17) is 4.74 Å². The number of benzene rings is 1. The summed E-state index contributed by atoms with van der Waals surface area (Å²) in [6.07, 6.45) is 1.80. The summed E-state index contributed by atoms with van der Waals surface area (Å²) in [5.41, 5.74) is 2.25. The first-order chi connectivity index (χ1) is 9.24. The van der Waals surface area contributed by atoms with Gasteiger partial charge in [0.1, 0.15) is 10.6 Å². The fourth-order valence-corrected chi connectivity index (χ4v) is 2.88. The lowest BCUT2D eigenvalue weighted by molar-refractivity contribution is -0.131. The summed E-state index contributed by atoms with van der Waals surface area (Å²) in [6, 6.07) is 11.5. The molecular weight excluding hydrogens is 258 g/mol. The first-order valence-electron chi connectivity index (χ1n) is 5.85. The zero-order chi connectivity index (χ0) is 13.2. The maximum absolute atomic E-state index is 10.9. The zero-order valence-corrected chi connectivity index (χ0v) is 11.1. The molecule has 2 aromatic heterocycles. The van der Waals surface area contributed by atoms with Crippen molar-refractivity contribution in [3.63, 3.8) is 0 Å². The molecule has 94 valence electrons. The van der Waals surface area contributed by atoms with Crippen LogP contribution in [0.3, 0.4) is 0 Å². The van der Waals surface area contributed by atoms with Gasteiger partial charge in [-0.15, -0.1) is 11.3 Å². The van der Waals surface area contributed by atoms with Crippen molar-refractivity contribution in [3.05, 3.63) is 48.0 Å². The lowest BCUT2D eigenvalue weighted by Gasteiger charge is -2.03. The highest BCUT2D eigenvalue weighted by Gasteiger charge is 2.07. The largest absolute Gasteiger partial charge is 0.427 e. The second kappa shape index (κ2) is 4.82. The van der Waals surface area contributed by atoms with Gasteiger partial charge < -0.3 is 4.74 Å². The highest BCUT2D eigenvalue weighted by Crippen LogP contribution is 2.33. The third kappa shape index (κ3) is 2.35. The molecule has 0 bridgehead atoms. The maximum atomic E-state index is 10.9. The standard InChI is InChI=1S/C15H11NO2S/c1-10(17)18-12-6-4-11(5-7-12)14-9-19-15-13(14)3-2-8-16-15/h2-9H,1H3. The number of ether oxygens (including phenoxy) is 1. The maximum Gasteiger partial charge on any atom is 0.308 e. The summed E-state index contributed by atoms with van der Waals surface area (Å²) in [5, 5.41) is 3.24. The molecule has 0 saturated carbocycles. The Balaban J connectivity index is 2.00. The average molecular weight is 269 g/mol. The van der Waals surface area contributed by atoms with Gasteiger partial charge in [-0.05, 0) is 29.8 Å². The summed E-state index contributed by atoms with van der Waals surface area (Å²) in [4.78, 5) is 16.2. The lowest BCUT2D eigenvalue weighted by atomic mass is 10.1. The molecule has 3 aromatic rings. The van der Waals surface area contributed by atoms with Gasteiger partial charge in [0.2, 0.25) is 0 Å². The van der Waals surface area contributed by atoms with Crippen LogP contribution in [0.1, 0.15) is 6.92 Å². The minimum Gasteiger partial charge on any atom is -0.427 e. The van der Waals surface area contributed by atoms with Gasteiger partial charge >= 0.3 is 5.97 Å². The monoisotopic (exact) mass is 269 g/mol. The van der Waals surface area contributed by atoms with Crippen molar-refractivity contribution in [1.29, 1.82) is 0 Å². The Bertz CT molecular complexity index is 731. The molecule has 19 heavy (non-hydrogen) atoms. The van der Waals surface area contributed by atoms with Gasteiger partial charge in [-0.25, -0.2) is 4.98 Å². The van der Waals surface area contributed by atoms with Crippen LogP contribution in [0, 0.1) is 0 Å². The van der Waals surface area contributed by atoms with Crippen LogP contribution in [0.25, 0.3) is 21.3 Å². The van der Waals surface area contributed by atoms with Crippen LogP contribution >= 0.6 is 11.3 Å². The van der Waals surface area contributed by atoms with E-state index < -0.39 is 0 Å². The lowest BCUT2D eigenvalue weighted by Crippen LogP contribution is -2.00. The van der Waals surface area contributed by atoms with Crippen molar-refractivity contribution in [1.82, 2.24) is 4.98 Å². The van der Waals surface area contributed by atoms with E-state index in [0.717, 1.165) is 21.3 Å². The van der Waals surface area contributed by atoms with Crippen LogP contribution in [-0.2, 0) is 4.79 Å². The van der Waals surface area contributed by atoms with Gasteiger partial charge in [0.05, 0.1) is 0 Å². The fraction of sp³-hybridized carbons (Fsp3) is 0.0667. The Labute approximate surface area is 114 Å². The van der Waals surface area contributed by atoms with E-state index in [1.807, 2.05) is 18.2 Å². The number of hydrogen-bond acceptors (Lipinski definition) is 4. The molecule has 0 aliphatic rings. The highest BCUT2D eigenvalue weighted by molar-refractivity contribution is 7.17. The number of aromatic nitrogens is 1. The van der Waals surface area contributed by atoms with Crippen LogP contribution in [0.5, 0.6) is 5.75 Å². The first-order valence-corrected chi connectivity index (χ1v) is 6.73. The minimum atomic E-state index is -0.307. The van der Waals surface area contributed by atoms with E-state index in [2.05, 4.69) is 16.4 Å². The Kier molecular flexibility index (Phi) is 3.01. The summed E-state index contributed by atoms with van der Waals surface area (Å²) < 4.78 is 5.03. The number of fused-ring (bicyclic) bond motifs is 1. The van der Waals surface area contributed by atoms with Crippen molar-refractivity contribution < 1.29 is 9.53 Å². The van der Waals surface area contributed by atoms with Gasteiger partial charge in [-0.3, -0.25) is 4.79 Å². The van der Waals surface area contributed by atoms with Crippen LogP contribution in [0.4, 0.5) is 0 Å². The predicted octanol–water partition coefficient (Wildman–Crippen LogP) is 3.89. The number of pyridine rings is 1. The van der Waals surface area contributed by atoms with Gasteiger partial charge in [0.25, 0.3) is 0 Å². The van der Waals surface area contributed by atoms with Gasteiger partial charge in [-0.1, -0.05) is 12.1 Å². The van der Waals surface area contributed by atoms with Crippen LogP contribution in [0.15, 0.2) is 48.0 Å². The summed E-state index contributed by atoms with van der Waals surface area (Å²) >= 11 is 1.63. The first kappa shape index (κ1) is 11.9. The van der Waals surface area contributed by atoms with Gasteiger partial charge in [-0.2, -0.15) is 0 Å². The quantitative estimate of drug-likeness (QED) is 0.523. The number of hydrogen-bond donors (Lipinski definition) is 0. The molecule has 0 aliphatic heterocycles. The van der Waals surface area contributed by atoms with Crippen molar-refractivity contribution >= 4 is 27.5 Å². The molecule has 0 saturated heterocycles. The number of thiophene rings is 1. The molecule has 1 aromatic carbocycles. The second-order valence-corrected chi connectivity index (χ2v) is 4.98.